The van der Waals surface area contributed by atoms with Gasteiger partial charge in [-0.25, -0.2) is 0 Å². The summed E-state index contributed by atoms with van der Waals surface area (Å²) >= 11 is 0. The summed E-state index contributed by atoms with van der Waals surface area (Å²) in [7, 11) is 0. The van der Waals surface area contributed by atoms with Crippen molar-refractivity contribution in [1.29, 1.82) is 0 Å². The molecular weight excluding hydrogens is 198 g/mol. The number of aliphatic hydroxyl groups excluding tert-OH is 1. The van der Waals surface area contributed by atoms with Crippen LogP contribution in [0.1, 0.15) is 24.5 Å². The highest BCUT2D eigenvalue weighted by atomic mass is 16.3. The van der Waals surface area contributed by atoms with Crippen LogP contribution in [-0.4, -0.2) is 39.3 Å². The van der Waals surface area contributed by atoms with E-state index < -0.39 is 0 Å². The Balaban J connectivity index is 2.50. The van der Waals surface area contributed by atoms with Crippen LogP contribution in [0, 0.1) is 5.41 Å². The fraction of sp³-hybridized carbons (Fsp3) is 0.625. The molecule has 0 fully saturated rings. The van der Waals surface area contributed by atoms with Crippen molar-refractivity contribution >= 4 is 11.9 Å². The molecule has 0 aliphatic carbocycles. The number of carbonyl (C=O) groups excluding carboxylic acids is 1. The quantitative estimate of drug-likeness (QED) is 0.519. The molecule has 7 heteroatoms. The molecular formula is C8H15N5O2. The highest BCUT2D eigenvalue weighted by Gasteiger charge is 2.19. The van der Waals surface area contributed by atoms with Crippen molar-refractivity contribution < 1.29 is 9.90 Å². The summed E-state index contributed by atoms with van der Waals surface area (Å²) in [6.07, 6.45) is 0. The van der Waals surface area contributed by atoms with E-state index in [2.05, 4.69) is 20.5 Å². The van der Waals surface area contributed by atoms with Crippen molar-refractivity contribution in [2.24, 2.45) is 5.41 Å². The van der Waals surface area contributed by atoms with Crippen molar-refractivity contribution in [1.82, 2.24) is 20.5 Å². The van der Waals surface area contributed by atoms with Gasteiger partial charge in [0.2, 0.25) is 11.8 Å². The summed E-state index contributed by atoms with van der Waals surface area (Å²) < 4.78 is 0. The van der Waals surface area contributed by atoms with Gasteiger partial charge in [-0.1, -0.05) is 13.8 Å². The monoisotopic (exact) mass is 213 g/mol. The second-order valence-corrected chi connectivity index (χ2v) is 4.05. The molecule has 1 aromatic heterocycles. The molecule has 0 saturated carbocycles. The summed E-state index contributed by atoms with van der Waals surface area (Å²) in [5.74, 6) is -0.288. The molecule has 0 radical (unpaired) electrons. The molecule has 5 N–H and O–H groups in total. The zero-order valence-electron chi connectivity index (χ0n) is 8.74. The fourth-order valence-corrected chi connectivity index (χ4v) is 0.836. The van der Waals surface area contributed by atoms with Crippen molar-refractivity contribution in [2.45, 2.75) is 13.8 Å². The summed E-state index contributed by atoms with van der Waals surface area (Å²) in [6, 6.07) is 0. The number of carbonyl (C=O) groups is 1. The molecule has 84 valence electrons. The molecule has 15 heavy (non-hydrogen) atoms. The maximum atomic E-state index is 11.4. The van der Waals surface area contributed by atoms with E-state index in [1.165, 1.54) is 0 Å². The van der Waals surface area contributed by atoms with Crippen LogP contribution in [0.15, 0.2) is 0 Å². The Morgan fingerprint density at radius 3 is 2.80 bits per heavy atom. The van der Waals surface area contributed by atoms with Crippen molar-refractivity contribution in [2.75, 3.05) is 18.9 Å². The second kappa shape index (κ2) is 4.26. The normalized spacial score (nSPS) is 11.4. The topological polar surface area (TPSA) is 117 Å². The molecule has 0 aliphatic heterocycles. The Hall–Kier alpha value is -1.63. The van der Waals surface area contributed by atoms with Gasteiger partial charge in [0, 0.05) is 18.6 Å². The second-order valence-electron chi connectivity index (χ2n) is 4.05. The Morgan fingerprint density at radius 2 is 2.33 bits per heavy atom. The fourth-order valence-electron chi connectivity index (χ4n) is 0.836. The lowest BCUT2D eigenvalue weighted by molar-refractivity contribution is 0.0901. The predicted octanol–water partition coefficient (Wildman–Crippen LogP) is -0.865. The first kappa shape index (κ1) is 11.4. The Labute approximate surface area is 87.1 Å². The van der Waals surface area contributed by atoms with Gasteiger partial charge in [0.1, 0.15) is 0 Å². The van der Waals surface area contributed by atoms with E-state index in [0.29, 0.717) is 6.54 Å². The van der Waals surface area contributed by atoms with E-state index in [0.717, 1.165) is 0 Å². The van der Waals surface area contributed by atoms with Crippen LogP contribution in [0.4, 0.5) is 5.95 Å². The van der Waals surface area contributed by atoms with Crippen LogP contribution < -0.4 is 11.1 Å². The first-order valence-corrected chi connectivity index (χ1v) is 4.51. The van der Waals surface area contributed by atoms with Crippen LogP contribution in [0.25, 0.3) is 0 Å². The van der Waals surface area contributed by atoms with E-state index in [9.17, 15) is 4.79 Å². The van der Waals surface area contributed by atoms with Crippen LogP contribution in [0.3, 0.4) is 0 Å². The first-order chi connectivity index (χ1) is 6.94. The van der Waals surface area contributed by atoms with Crippen LogP contribution in [-0.2, 0) is 0 Å². The zero-order valence-corrected chi connectivity index (χ0v) is 8.74. The number of hydrogen-bond acceptors (Lipinski definition) is 5. The number of nitrogens with zero attached hydrogens (tertiary/aromatic N) is 2. The number of rotatable bonds is 4. The lowest BCUT2D eigenvalue weighted by atomic mass is 9.95. The standard InChI is InChI=1S/C8H15N5O2/c1-8(2,4-14)3-10-6(15)5-11-7(9)13-12-5/h14H,3-4H2,1-2H3,(H,10,15)(H3,9,11,12,13). The van der Waals surface area contributed by atoms with Gasteiger partial charge < -0.3 is 16.2 Å². The van der Waals surface area contributed by atoms with Crippen molar-refractivity contribution in [3.05, 3.63) is 5.82 Å². The highest BCUT2D eigenvalue weighted by Crippen LogP contribution is 2.11. The first-order valence-electron chi connectivity index (χ1n) is 4.51. The average molecular weight is 213 g/mol. The van der Waals surface area contributed by atoms with Gasteiger partial charge in [0.25, 0.3) is 5.91 Å². The van der Waals surface area contributed by atoms with Crippen molar-refractivity contribution in [3.63, 3.8) is 0 Å². The minimum absolute atomic E-state index is 0.00811. The zero-order chi connectivity index (χ0) is 11.5. The van der Waals surface area contributed by atoms with Gasteiger partial charge in [-0.3, -0.25) is 9.89 Å². The SMILES string of the molecule is CC(C)(CO)CNC(=O)c1nc(N)n[nH]1. The van der Waals surface area contributed by atoms with Crippen LogP contribution in [0.5, 0.6) is 0 Å². The van der Waals surface area contributed by atoms with Gasteiger partial charge in [-0.2, -0.15) is 4.98 Å². The van der Waals surface area contributed by atoms with E-state index in [4.69, 9.17) is 10.8 Å². The summed E-state index contributed by atoms with van der Waals surface area (Å²) in [4.78, 5) is 15.1. The minimum atomic E-state index is -0.388. The number of nitrogen functional groups attached to an aromatic ring is 1. The smallest absolute Gasteiger partial charge is 0.288 e. The third-order valence-electron chi connectivity index (χ3n) is 1.87. The maximum Gasteiger partial charge on any atom is 0.288 e. The number of H-pyrrole nitrogens is 1. The molecule has 1 aromatic rings. The highest BCUT2D eigenvalue weighted by molar-refractivity contribution is 5.90. The lowest BCUT2D eigenvalue weighted by Gasteiger charge is -2.21. The molecule has 0 spiro atoms. The Bertz CT molecular complexity index is 347. The minimum Gasteiger partial charge on any atom is -0.396 e. The number of hydrogen-bond donors (Lipinski definition) is 4. The maximum absolute atomic E-state index is 11.4. The molecule has 1 amide bonds. The van der Waals surface area contributed by atoms with Crippen molar-refractivity contribution in [3.8, 4) is 0 Å². The van der Waals surface area contributed by atoms with E-state index >= 15 is 0 Å². The number of nitrogens with one attached hydrogen (secondary N) is 2. The molecule has 7 nitrogen and oxygen atoms in total. The molecule has 1 heterocycles. The molecule has 1 rings (SSSR count). The van der Waals surface area contributed by atoms with E-state index in [-0.39, 0.29) is 29.7 Å². The number of nitrogens with two attached hydrogens (primary N) is 1. The van der Waals surface area contributed by atoms with E-state index in [1.807, 2.05) is 13.8 Å². The Morgan fingerprint density at radius 1 is 1.67 bits per heavy atom. The number of aromatic nitrogens is 3. The van der Waals surface area contributed by atoms with Gasteiger partial charge >= 0.3 is 0 Å². The third-order valence-corrected chi connectivity index (χ3v) is 1.87. The van der Waals surface area contributed by atoms with Gasteiger partial charge in [-0.15, -0.1) is 5.10 Å². The lowest BCUT2D eigenvalue weighted by Crippen LogP contribution is -2.36. The molecule has 0 atom stereocenters. The van der Waals surface area contributed by atoms with Gasteiger partial charge in [0.15, 0.2) is 0 Å². The number of anilines is 1. The van der Waals surface area contributed by atoms with Gasteiger partial charge in [-0.05, 0) is 0 Å². The third kappa shape index (κ3) is 3.21. The average Bonchev–Trinajstić information content (AvgIpc) is 2.61. The molecule has 0 unspecified atom stereocenters. The molecule has 0 aliphatic rings. The Kier molecular flexibility index (Phi) is 3.25. The van der Waals surface area contributed by atoms with E-state index in [1.54, 1.807) is 0 Å². The summed E-state index contributed by atoms with van der Waals surface area (Å²) in [5.41, 5.74) is 4.89. The number of aliphatic hydroxyl groups is 1. The predicted molar refractivity (Wildman–Crippen MR) is 54.0 cm³/mol. The molecule has 0 aromatic carbocycles. The summed E-state index contributed by atoms with van der Waals surface area (Å²) in [5, 5.41) is 17.5. The largest absolute Gasteiger partial charge is 0.396 e. The number of aromatic amines is 1. The molecule has 0 bridgehead atoms. The van der Waals surface area contributed by atoms with Gasteiger partial charge in [0.05, 0.1) is 0 Å². The molecule has 0 saturated heterocycles. The van der Waals surface area contributed by atoms with Crippen LogP contribution in [0.2, 0.25) is 0 Å². The van der Waals surface area contributed by atoms with Crippen LogP contribution >= 0.6 is 0 Å². The summed E-state index contributed by atoms with van der Waals surface area (Å²) in [6.45, 7) is 4.01. The number of amides is 1.